The number of aryl methyl sites for hydroxylation is 4. The molecule has 0 radical (unpaired) electrons. The fraction of sp³-hybridized carbons (Fsp3) is 0.310. The van der Waals surface area contributed by atoms with Gasteiger partial charge in [-0.05, 0) is 18.2 Å². The maximum atomic E-state index is 15.8. The molecule has 2 aromatic carbocycles. The van der Waals surface area contributed by atoms with Crippen LogP contribution in [0, 0.1) is 5.82 Å². The number of fused-ring (bicyclic) bond motifs is 4. The van der Waals surface area contributed by atoms with Crippen molar-refractivity contribution in [2.24, 2.45) is 28.2 Å². The summed E-state index contributed by atoms with van der Waals surface area (Å²) in [6.07, 6.45) is 8.33. The van der Waals surface area contributed by atoms with Crippen molar-refractivity contribution in [1.82, 2.24) is 38.0 Å². The summed E-state index contributed by atoms with van der Waals surface area (Å²) in [5.74, 6) is 0.253. The topological polar surface area (TPSA) is 92.9 Å². The molecular formula is C29H28FN9O2. The highest BCUT2D eigenvalue weighted by atomic mass is 19.1. The van der Waals surface area contributed by atoms with Crippen LogP contribution in [0.25, 0.3) is 50.4 Å². The van der Waals surface area contributed by atoms with E-state index in [-0.39, 0.29) is 23.7 Å². The first kappa shape index (κ1) is 24.1. The first-order chi connectivity index (χ1) is 19.8. The van der Waals surface area contributed by atoms with E-state index in [2.05, 4.69) is 21.0 Å². The molecule has 3 aliphatic heterocycles. The molecule has 3 aliphatic rings. The van der Waals surface area contributed by atoms with E-state index >= 15 is 4.39 Å². The molecule has 208 valence electrons. The molecule has 7 heterocycles. The predicted octanol–water partition coefficient (Wildman–Crippen LogP) is 3.13. The number of nitrogens with zero attached hydrogens (tertiary/aromatic N) is 9. The Balaban J connectivity index is 1.42. The van der Waals surface area contributed by atoms with Gasteiger partial charge in [-0.3, -0.25) is 18.4 Å². The van der Waals surface area contributed by atoms with Crippen molar-refractivity contribution in [3.8, 4) is 28.3 Å². The second-order valence-electron chi connectivity index (χ2n) is 11.1. The average Bonchev–Trinajstić information content (AvgIpc) is 3.71. The van der Waals surface area contributed by atoms with Crippen LogP contribution in [0.5, 0.6) is 0 Å². The summed E-state index contributed by atoms with van der Waals surface area (Å²) in [5, 5.41) is 4.21. The van der Waals surface area contributed by atoms with Gasteiger partial charge in [-0.1, -0.05) is 0 Å². The van der Waals surface area contributed by atoms with Crippen molar-refractivity contribution in [1.29, 1.82) is 0 Å². The predicted molar refractivity (Wildman–Crippen MR) is 153 cm³/mol. The van der Waals surface area contributed by atoms with Crippen LogP contribution in [0.15, 0.2) is 54.0 Å². The van der Waals surface area contributed by atoms with Gasteiger partial charge in [0, 0.05) is 71.1 Å². The van der Waals surface area contributed by atoms with Crippen molar-refractivity contribution in [2.45, 2.75) is 18.6 Å². The number of hydrogen-bond donors (Lipinski definition) is 0. The van der Waals surface area contributed by atoms with Crippen molar-refractivity contribution >= 4 is 27.8 Å². The lowest BCUT2D eigenvalue weighted by atomic mass is 9.98. The van der Waals surface area contributed by atoms with Crippen molar-refractivity contribution < 1.29 is 9.13 Å². The van der Waals surface area contributed by atoms with E-state index in [0.29, 0.717) is 28.0 Å². The Morgan fingerprint density at radius 1 is 0.976 bits per heavy atom. The number of piperidine rings is 1. The zero-order chi connectivity index (χ0) is 28.2. The normalized spacial score (nSPS) is 18.5. The van der Waals surface area contributed by atoms with Crippen LogP contribution in [-0.4, -0.2) is 63.3 Å². The van der Waals surface area contributed by atoms with Crippen molar-refractivity contribution in [2.75, 3.05) is 18.0 Å². The van der Waals surface area contributed by atoms with Crippen LogP contribution in [0.3, 0.4) is 0 Å². The minimum Gasteiger partial charge on any atom is -0.371 e. The molecule has 4 aromatic heterocycles. The first-order valence-electron chi connectivity index (χ1n) is 13.5. The lowest BCUT2D eigenvalue weighted by Gasteiger charge is -2.48. The molecule has 2 unspecified atom stereocenters. The number of anilines is 1. The summed E-state index contributed by atoms with van der Waals surface area (Å²) >= 11 is 0. The first-order valence-corrected chi connectivity index (χ1v) is 13.5. The van der Waals surface area contributed by atoms with Crippen LogP contribution in [0.1, 0.15) is 6.42 Å². The molecule has 0 aliphatic carbocycles. The molecule has 3 fully saturated rings. The molecule has 2 atom stereocenters. The van der Waals surface area contributed by atoms with E-state index in [1.54, 1.807) is 65.9 Å². The second kappa shape index (κ2) is 8.40. The van der Waals surface area contributed by atoms with Gasteiger partial charge in [0.25, 0.3) is 0 Å². The molecule has 3 saturated heterocycles. The quantitative estimate of drug-likeness (QED) is 0.333. The second-order valence-corrected chi connectivity index (χ2v) is 11.1. The standard InChI is InChI=1S/C29H28FN9O2/c1-34-15-31-11-26(34)28-33-22-8-20(16-10-32-35(2)12-16)21(30)9-23(22)39(28)17-5-24-27(37(4)29(40)36(24)3)25(6-17)38-13-18-7-19(14-38)41-18/h5-6,8-12,15,18-19H,7,13-14H2,1-4H3. The summed E-state index contributed by atoms with van der Waals surface area (Å²) in [5.41, 5.74) is 6.40. The van der Waals surface area contributed by atoms with Crippen LogP contribution < -0.4 is 10.6 Å². The van der Waals surface area contributed by atoms with E-state index in [0.717, 1.165) is 47.6 Å². The van der Waals surface area contributed by atoms with Gasteiger partial charge in [0.05, 0.1) is 64.4 Å². The third kappa shape index (κ3) is 3.46. The van der Waals surface area contributed by atoms with Crippen LogP contribution in [0.2, 0.25) is 0 Å². The van der Waals surface area contributed by atoms with Crippen LogP contribution in [-0.2, 0) is 32.9 Å². The Hall–Kier alpha value is -4.71. The summed E-state index contributed by atoms with van der Waals surface area (Å²) in [6.45, 7) is 1.50. The Morgan fingerprint density at radius 2 is 1.76 bits per heavy atom. The van der Waals surface area contributed by atoms with E-state index in [4.69, 9.17) is 9.72 Å². The molecule has 41 heavy (non-hydrogen) atoms. The van der Waals surface area contributed by atoms with Gasteiger partial charge in [0.1, 0.15) is 11.5 Å². The zero-order valence-electron chi connectivity index (χ0n) is 23.1. The molecule has 0 N–H and O–H groups in total. The number of hydrogen-bond acceptors (Lipinski definition) is 6. The average molecular weight is 554 g/mol. The van der Waals surface area contributed by atoms with E-state index in [1.165, 1.54) is 6.07 Å². The fourth-order valence-electron chi connectivity index (χ4n) is 6.42. The lowest BCUT2D eigenvalue weighted by molar-refractivity contribution is -0.133. The highest BCUT2D eigenvalue weighted by Gasteiger charge is 2.39. The Kier molecular flexibility index (Phi) is 4.94. The van der Waals surface area contributed by atoms with E-state index < -0.39 is 0 Å². The molecule has 0 spiro atoms. The monoisotopic (exact) mass is 553 g/mol. The number of imidazole rings is 3. The van der Waals surface area contributed by atoms with Crippen LogP contribution in [0.4, 0.5) is 10.1 Å². The molecule has 9 rings (SSSR count). The number of aromatic nitrogens is 8. The van der Waals surface area contributed by atoms with E-state index in [9.17, 15) is 4.79 Å². The summed E-state index contributed by atoms with van der Waals surface area (Å²) in [7, 11) is 7.29. The Labute approximate surface area is 233 Å². The maximum absolute atomic E-state index is 15.8. The van der Waals surface area contributed by atoms with Gasteiger partial charge in [0.15, 0.2) is 5.82 Å². The third-order valence-corrected chi connectivity index (χ3v) is 8.49. The highest BCUT2D eigenvalue weighted by Crippen LogP contribution is 2.39. The number of rotatable bonds is 4. The largest absolute Gasteiger partial charge is 0.371 e. The lowest BCUT2D eigenvalue weighted by Crippen LogP contribution is -2.57. The number of morpholine rings is 1. The zero-order valence-corrected chi connectivity index (χ0v) is 23.1. The Bertz CT molecular complexity index is 2060. The minimum absolute atomic E-state index is 0.105. The molecule has 0 amide bonds. The fourth-order valence-corrected chi connectivity index (χ4v) is 6.42. The molecule has 11 nitrogen and oxygen atoms in total. The summed E-state index contributed by atoms with van der Waals surface area (Å²) in [4.78, 5) is 24.8. The SMILES string of the molecule is Cn1cc(-c2cc3nc(-c4cncn4C)n(-c4cc(N5CC6CC(C5)O6)c5c(c4)n(C)c(=O)n5C)c3cc2F)cn1. The van der Waals surface area contributed by atoms with Crippen molar-refractivity contribution in [3.05, 3.63) is 65.5 Å². The molecular weight excluding hydrogens is 525 g/mol. The molecule has 0 saturated carbocycles. The molecule has 2 bridgehead atoms. The molecule has 12 heteroatoms. The van der Waals surface area contributed by atoms with Crippen molar-refractivity contribution in [3.63, 3.8) is 0 Å². The number of benzene rings is 2. The van der Waals surface area contributed by atoms with E-state index in [1.807, 2.05) is 22.2 Å². The van der Waals surface area contributed by atoms with Gasteiger partial charge in [0.2, 0.25) is 0 Å². The Morgan fingerprint density at radius 3 is 2.44 bits per heavy atom. The van der Waals surface area contributed by atoms with Gasteiger partial charge in [-0.15, -0.1) is 0 Å². The molecule has 6 aromatic rings. The van der Waals surface area contributed by atoms with Gasteiger partial charge < -0.3 is 14.2 Å². The van der Waals surface area contributed by atoms with Gasteiger partial charge in [-0.25, -0.2) is 19.2 Å². The smallest absolute Gasteiger partial charge is 0.328 e. The van der Waals surface area contributed by atoms with Crippen LogP contribution >= 0.6 is 0 Å². The minimum atomic E-state index is -0.370. The van der Waals surface area contributed by atoms with Gasteiger partial charge in [-0.2, -0.15) is 5.10 Å². The number of halogens is 1. The highest BCUT2D eigenvalue weighted by molar-refractivity contribution is 5.94. The third-order valence-electron chi connectivity index (χ3n) is 8.49. The summed E-state index contributed by atoms with van der Waals surface area (Å²) in [6, 6.07) is 7.36. The maximum Gasteiger partial charge on any atom is 0.328 e. The number of ether oxygens (including phenoxy) is 1. The summed E-state index contributed by atoms with van der Waals surface area (Å²) < 4.78 is 30.5. The van der Waals surface area contributed by atoms with Gasteiger partial charge >= 0.3 is 5.69 Å².